The number of rotatable bonds is 5. The minimum absolute atomic E-state index is 0.739. The van der Waals surface area contributed by atoms with Crippen molar-refractivity contribution in [2.75, 3.05) is 7.11 Å². The number of nitrogens with one attached hydrogen (secondary N) is 1. The summed E-state index contributed by atoms with van der Waals surface area (Å²) in [4.78, 5) is 0. The Kier molecular flexibility index (Phi) is 3.83. The molecule has 3 nitrogen and oxygen atoms in total. The molecule has 0 unspecified atom stereocenters. The smallest absolute Gasteiger partial charge is 0.122 e. The molecular formula is C14H17NO2. The SMILES string of the molecule is COc1cc(CNCc2ccco2)ccc1C. The zero-order chi connectivity index (χ0) is 12.1. The van der Waals surface area contributed by atoms with Gasteiger partial charge in [-0.15, -0.1) is 0 Å². The van der Waals surface area contributed by atoms with E-state index in [9.17, 15) is 0 Å². The van der Waals surface area contributed by atoms with Crippen LogP contribution in [0.15, 0.2) is 41.0 Å². The van der Waals surface area contributed by atoms with Gasteiger partial charge in [-0.2, -0.15) is 0 Å². The standard InChI is InChI=1S/C14H17NO2/c1-11-5-6-12(8-14(11)16-2)9-15-10-13-4-3-7-17-13/h3-8,15H,9-10H2,1-2H3. The van der Waals surface area contributed by atoms with Gasteiger partial charge >= 0.3 is 0 Å². The highest BCUT2D eigenvalue weighted by molar-refractivity contribution is 5.36. The molecule has 0 bridgehead atoms. The van der Waals surface area contributed by atoms with Gasteiger partial charge in [-0.3, -0.25) is 0 Å². The molecule has 0 saturated heterocycles. The summed E-state index contributed by atoms with van der Waals surface area (Å²) in [5.41, 5.74) is 2.36. The maximum Gasteiger partial charge on any atom is 0.122 e. The van der Waals surface area contributed by atoms with E-state index in [0.29, 0.717) is 0 Å². The topological polar surface area (TPSA) is 34.4 Å². The van der Waals surface area contributed by atoms with E-state index in [0.717, 1.165) is 30.2 Å². The minimum Gasteiger partial charge on any atom is -0.496 e. The molecule has 0 aliphatic rings. The van der Waals surface area contributed by atoms with Crippen molar-refractivity contribution in [3.8, 4) is 5.75 Å². The summed E-state index contributed by atoms with van der Waals surface area (Å²) in [7, 11) is 1.70. The molecule has 0 spiro atoms. The third kappa shape index (κ3) is 3.11. The molecule has 0 saturated carbocycles. The van der Waals surface area contributed by atoms with Gasteiger partial charge in [0.15, 0.2) is 0 Å². The van der Waals surface area contributed by atoms with E-state index < -0.39 is 0 Å². The molecule has 90 valence electrons. The molecule has 0 fully saturated rings. The summed E-state index contributed by atoms with van der Waals surface area (Å²) >= 11 is 0. The van der Waals surface area contributed by atoms with E-state index in [2.05, 4.69) is 23.5 Å². The zero-order valence-corrected chi connectivity index (χ0v) is 10.2. The number of furan rings is 1. The van der Waals surface area contributed by atoms with Gasteiger partial charge in [0, 0.05) is 6.54 Å². The molecule has 1 heterocycles. The summed E-state index contributed by atoms with van der Waals surface area (Å²) in [6.07, 6.45) is 1.69. The third-order valence-electron chi connectivity index (χ3n) is 2.68. The second-order valence-corrected chi connectivity index (χ2v) is 3.99. The molecule has 1 aromatic carbocycles. The largest absolute Gasteiger partial charge is 0.496 e. The Morgan fingerprint density at radius 3 is 2.82 bits per heavy atom. The molecule has 17 heavy (non-hydrogen) atoms. The van der Waals surface area contributed by atoms with E-state index in [4.69, 9.17) is 9.15 Å². The lowest BCUT2D eigenvalue weighted by molar-refractivity contribution is 0.411. The summed E-state index contributed by atoms with van der Waals surface area (Å²) < 4.78 is 10.5. The zero-order valence-electron chi connectivity index (χ0n) is 10.2. The fourth-order valence-corrected chi connectivity index (χ4v) is 1.72. The fourth-order valence-electron chi connectivity index (χ4n) is 1.72. The molecular weight excluding hydrogens is 214 g/mol. The monoisotopic (exact) mass is 231 g/mol. The highest BCUT2D eigenvalue weighted by atomic mass is 16.5. The first-order valence-corrected chi connectivity index (χ1v) is 5.66. The molecule has 1 aromatic heterocycles. The van der Waals surface area contributed by atoms with E-state index in [1.165, 1.54) is 5.56 Å². The minimum atomic E-state index is 0.739. The van der Waals surface area contributed by atoms with Crippen LogP contribution in [0.4, 0.5) is 0 Å². The Hall–Kier alpha value is -1.74. The first-order valence-electron chi connectivity index (χ1n) is 5.66. The lowest BCUT2D eigenvalue weighted by Gasteiger charge is -2.08. The maximum atomic E-state index is 5.29. The first kappa shape index (κ1) is 11.7. The van der Waals surface area contributed by atoms with Gasteiger partial charge in [-0.05, 0) is 36.2 Å². The second-order valence-electron chi connectivity index (χ2n) is 3.99. The van der Waals surface area contributed by atoms with Crippen LogP contribution in [0.2, 0.25) is 0 Å². The summed E-state index contributed by atoms with van der Waals surface area (Å²) in [5, 5.41) is 3.33. The van der Waals surface area contributed by atoms with Crippen LogP contribution in [0.1, 0.15) is 16.9 Å². The van der Waals surface area contributed by atoms with Gasteiger partial charge in [0.2, 0.25) is 0 Å². The van der Waals surface area contributed by atoms with Crippen LogP contribution < -0.4 is 10.1 Å². The van der Waals surface area contributed by atoms with Gasteiger partial charge in [-0.1, -0.05) is 12.1 Å². The van der Waals surface area contributed by atoms with Crippen LogP contribution in [0.5, 0.6) is 5.75 Å². The average Bonchev–Trinajstić information content (AvgIpc) is 2.84. The maximum absolute atomic E-state index is 5.29. The molecule has 0 aliphatic carbocycles. The van der Waals surface area contributed by atoms with Crippen LogP contribution in [-0.2, 0) is 13.1 Å². The number of hydrogen-bond donors (Lipinski definition) is 1. The summed E-state index contributed by atoms with van der Waals surface area (Å²) in [5.74, 6) is 1.88. The van der Waals surface area contributed by atoms with E-state index in [1.54, 1.807) is 13.4 Å². The predicted molar refractivity (Wildman–Crippen MR) is 67.0 cm³/mol. The molecule has 0 atom stereocenters. The van der Waals surface area contributed by atoms with E-state index in [-0.39, 0.29) is 0 Å². The molecule has 2 aromatic rings. The van der Waals surface area contributed by atoms with Crippen LogP contribution in [0.3, 0.4) is 0 Å². The number of ether oxygens (including phenoxy) is 1. The van der Waals surface area contributed by atoms with Gasteiger partial charge in [0.1, 0.15) is 11.5 Å². The number of methoxy groups -OCH3 is 1. The normalized spacial score (nSPS) is 10.5. The van der Waals surface area contributed by atoms with E-state index in [1.807, 2.05) is 19.1 Å². The van der Waals surface area contributed by atoms with Crippen LogP contribution in [0.25, 0.3) is 0 Å². The Morgan fingerprint density at radius 2 is 2.12 bits per heavy atom. The molecule has 3 heteroatoms. The van der Waals surface area contributed by atoms with Crippen molar-refractivity contribution < 1.29 is 9.15 Å². The number of aryl methyl sites for hydroxylation is 1. The van der Waals surface area contributed by atoms with Crippen molar-refractivity contribution in [2.24, 2.45) is 0 Å². The Balaban J connectivity index is 1.90. The van der Waals surface area contributed by atoms with Gasteiger partial charge in [0.25, 0.3) is 0 Å². The molecule has 0 amide bonds. The van der Waals surface area contributed by atoms with Crippen LogP contribution in [0, 0.1) is 6.92 Å². The van der Waals surface area contributed by atoms with Crippen molar-refractivity contribution >= 4 is 0 Å². The third-order valence-corrected chi connectivity index (χ3v) is 2.68. The Labute approximate surface area is 101 Å². The predicted octanol–water partition coefficient (Wildman–Crippen LogP) is 2.89. The molecule has 0 aliphatic heterocycles. The molecule has 1 N–H and O–H groups in total. The lowest BCUT2D eigenvalue weighted by Crippen LogP contribution is -2.12. The van der Waals surface area contributed by atoms with Crippen LogP contribution in [-0.4, -0.2) is 7.11 Å². The van der Waals surface area contributed by atoms with Gasteiger partial charge in [0.05, 0.1) is 19.9 Å². The van der Waals surface area contributed by atoms with Crippen molar-refractivity contribution in [3.63, 3.8) is 0 Å². The van der Waals surface area contributed by atoms with E-state index >= 15 is 0 Å². The Bertz CT molecular complexity index is 463. The Morgan fingerprint density at radius 1 is 1.24 bits per heavy atom. The fraction of sp³-hybridized carbons (Fsp3) is 0.286. The first-order chi connectivity index (χ1) is 8.29. The highest BCUT2D eigenvalue weighted by Crippen LogP contribution is 2.18. The summed E-state index contributed by atoms with van der Waals surface area (Å²) in [6.45, 7) is 3.58. The van der Waals surface area contributed by atoms with Gasteiger partial charge < -0.3 is 14.5 Å². The van der Waals surface area contributed by atoms with Gasteiger partial charge in [-0.25, -0.2) is 0 Å². The van der Waals surface area contributed by atoms with Crippen LogP contribution >= 0.6 is 0 Å². The van der Waals surface area contributed by atoms with Crippen molar-refractivity contribution in [1.29, 1.82) is 0 Å². The number of hydrogen-bond acceptors (Lipinski definition) is 3. The van der Waals surface area contributed by atoms with Crippen molar-refractivity contribution in [1.82, 2.24) is 5.32 Å². The number of benzene rings is 1. The summed E-state index contributed by atoms with van der Waals surface area (Å²) in [6, 6.07) is 10.1. The lowest BCUT2D eigenvalue weighted by atomic mass is 10.1. The van der Waals surface area contributed by atoms with Crippen molar-refractivity contribution in [2.45, 2.75) is 20.0 Å². The highest BCUT2D eigenvalue weighted by Gasteiger charge is 2.00. The molecule has 0 radical (unpaired) electrons. The quantitative estimate of drug-likeness (QED) is 0.859. The average molecular weight is 231 g/mol. The second kappa shape index (κ2) is 5.55. The molecule has 2 rings (SSSR count). The van der Waals surface area contributed by atoms with Crippen molar-refractivity contribution in [3.05, 3.63) is 53.5 Å².